The van der Waals surface area contributed by atoms with Crippen molar-refractivity contribution in [1.29, 1.82) is 0 Å². The van der Waals surface area contributed by atoms with E-state index in [2.05, 4.69) is 10.2 Å². The standard InChI is InChI=1S/C11H8ClFN2O4/c1-19-7-2-4(13)9(12)8(10(7)16)5-3-6(11(17)18)15-14-5/h2-3,16H,1H3,(H,14,15)(H,17,18). The maximum absolute atomic E-state index is 13.6. The van der Waals surface area contributed by atoms with Crippen LogP contribution in [0.1, 0.15) is 10.5 Å². The Labute approximate surface area is 111 Å². The van der Waals surface area contributed by atoms with Gasteiger partial charge in [-0.05, 0) is 6.07 Å². The number of methoxy groups -OCH3 is 1. The van der Waals surface area contributed by atoms with E-state index < -0.39 is 17.5 Å². The minimum absolute atomic E-state index is 0.00213. The number of carbonyl (C=O) groups is 1. The van der Waals surface area contributed by atoms with Crippen molar-refractivity contribution in [1.82, 2.24) is 10.2 Å². The quantitative estimate of drug-likeness (QED) is 0.804. The number of ether oxygens (including phenoxy) is 1. The molecule has 0 radical (unpaired) electrons. The van der Waals surface area contributed by atoms with Crippen molar-refractivity contribution in [2.75, 3.05) is 7.11 Å². The number of benzene rings is 1. The van der Waals surface area contributed by atoms with Crippen molar-refractivity contribution in [3.05, 3.63) is 28.7 Å². The Morgan fingerprint density at radius 3 is 2.74 bits per heavy atom. The monoisotopic (exact) mass is 286 g/mol. The van der Waals surface area contributed by atoms with Gasteiger partial charge in [-0.25, -0.2) is 9.18 Å². The molecule has 1 heterocycles. The van der Waals surface area contributed by atoms with E-state index in [1.165, 1.54) is 7.11 Å². The number of H-pyrrole nitrogens is 1. The number of aromatic nitrogens is 2. The smallest absolute Gasteiger partial charge is 0.353 e. The lowest BCUT2D eigenvalue weighted by Crippen LogP contribution is -1.95. The number of hydrogen-bond donors (Lipinski definition) is 3. The average molecular weight is 287 g/mol. The van der Waals surface area contributed by atoms with Crippen LogP contribution in [0.5, 0.6) is 11.5 Å². The van der Waals surface area contributed by atoms with Gasteiger partial charge >= 0.3 is 5.97 Å². The lowest BCUT2D eigenvalue weighted by molar-refractivity contribution is 0.0690. The first kappa shape index (κ1) is 13.2. The maximum Gasteiger partial charge on any atom is 0.353 e. The average Bonchev–Trinajstić information content (AvgIpc) is 2.83. The molecule has 8 heteroatoms. The SMILES string of the molecule is COc1cc(F)c(Cl)c(-c2cc(C(=O)O)[nH]n2)c1O. The predicted molar refractivity (Wildman–Crippen MR) is 64.2 cm³/mol. The van der Waals surface area contributed by atoms with E-state index in [1.807, 2.05) is 0 Å². The number of aromatic amines is 1. The molecule has 2 aromatic rings. The van der Waals surface area contributed by atoms with E-state index in [0.717, 1.165) is 12.1 Å². The molecule has 6 nitrogen and oxygen atoms in total. The summed E-state index contributed by atoms with van der Waals surface area (Å²) in [4.78, 5) is 10.7. The normalized spacial score (nSPS) is 10.5. The van der Waals surface area contributed by atoms with Crippen LogP contribution in [0.25, 0.3) is 11.3 Å². The van der Waals surface area contributed by atoms with Crippen LogP contribution in [-0.4, -0.2) is 33.5 Å². The molecule has 0 aliphatic carbocycles. The van der Waals surface area contributed by atoms with E-state index in [-0.39, 0.29) is 27.7 Å². The summed E-state index contributed by atoms with van der Waals surface area (Å²) in [5.41, 5.74) is -0.353. The number of phenolic OH excluding ortho intramolecular Hbond substituents is 1. The summed E-state index contributed by atoms with van der Waals surface area (Å²) in [6.45, 7) is 0. The van der Waals surface area contributed by atoms with Crippen molar-refractivity contribution in [3.63, 3.8) is 0 Å². The maximum atomic E-state index is 13.6. The molecule has 1 aromatic carbocycles. The van der Waals surface area contributed by atoms with Crippen molar-refractivity contribution >= 4 is 17.6 Å². The molecule has 0 unspecified atom stereocenters. The molecule has 0 fully saturated rings. The molecule has 3 N–H and O–H groups in total. The number of carboxylic acid groups (broad SMARTS) is 1. The highest BCUT2D eigenvalue weighted by Gasteiger charge is 2.21. The number of rotatable bonds is 3. The molecule has 0 aliphatic rings. The van der Waals surface area contributed by atoms with Crippen LogP contribution in [0.4, 0.5) is 4.39 Å². The molecule has 1 aromatic heterocycles. The molecule has 19 heavy (non-hydrogen) atoms. The topological polar surface area (TPSA) is 95.4 Å². The summed E-state index contributed by atoms with van der Waals surface area (Å²) in [6.07, 6.45) is 0. The number of hydrogen-bond acceptors (Lipinski definition) is 4. The zero-order valence-electron chi connectivity index (χ0n) is 9.57. The molecule has 0 atom stereocenters. The molecule has 2 rings (SSSR count). The Morgan fingerprint density at radius 2 is 2.21 bits per heavy atom. The third kappa shape index (κ3) is 2.19. The second-order valence-electron chi connectivity index (χ2n) is 3.57. The van der Waals surface area contributed by atoms with Gasteiger partial charge in [0, 0.05) is 6.07 Å². The summed E-state index contributed by atoms with van der Waals surface area (Å²) < 4.78 is 18.4. The number of carboxylic acids is 1. The van der Waals surface area contributed by atoms with Gasteiger partial charge in [0.15, 0.2) is 11.5 Å². The minimum atomic E-state index is -1.24. The molecular formula is C11H8ClFN2O4. The zero-order valence-corrected chi connectivity index (χ0v) is 10.3. The Hall–Kier alpha value is -2.28. The highest BCUT2D eigenvalue weighted by atomic mass is 35.5. The molecule has 0 spiro atoms. The Kier molecular flexibility index (Phi) is 3.30. The summed E-state index contributed by atoms with van der Waals surface area (Å²) in [5.74, 6) is -2.60. The summed E-state index contributed by atoms with van der Waals surface area (Å²) >= 11 is 5.76. The highest BCUT2D eigenvalue weighted by molar-refractivity contribution is 6.34. The van der Waals surface area contributed by atoms with E-state index in [4.69, 9.17) is 21.4 Å². The molecule has 0 saturated carbocycles. The van der Waals surface area contributed by atoms with Gasteiger partial charge in [0.1, 0.15) is 11.5 Å². The minimum Gasteiger partial charge on any atom is -0.504 e. The Bertz CT molecular complexity index is 656. The first-order valence-electron chi connectivity index (χ1n) is 4.99. The van der Waals surface area contributed by atoms with Gasteiger partial charge in [0.2, 0.25) is 0 Å². The van der Waals surface area contributed by atoms with Crippen molar-refractivity contribution in [3.8, 4) is 22.8 Å². The number of aromatic hydroxyl groups is 1. The number of nitrogens with one attached hydrogen (secondary N) is 1. The fraction of sp³-hybridized carbons (Fsp3) is 0.0909. The van der Waals surface area contributed by atoms with E-state index in [9.17, 15) is 14.3 Å². The molecular weight excluding hydrogens is 279 g/mol. The number of aromatic carboxylic acids is 1. The fourth-order valence-electron chi connectivity index (χ4n) is 1.54. The van der Waals surface area contributed by atoms with Crippen LogP contribution >= 0.6 is 11.6 Å². The third-order valence-corrected chi connectivity index (χ3v) is 2.81. The van der Waals surface area contributed by atoms with E-state index in [1.54, 1.807) is 0 Å². The molecule has 0 aliphatic heterocycles. The van der Waals surface area contributed by atoms with Crippen LogP contribution in [0.3, 0.4) is 0 Å². The second-order valence-corrected chi connectivity index (χ2v) is 3.95. The second kappa shape index (κ2) is 4.77. The van der Waals surface area contributed by atoms with Gasteiger partial charge in [-0.2, -0.15) is 5.10 Å². The molecule has 0 saturated heterocycles. The first-order chi connectivity index (χ1) is 8.95. The third-order valence-electron chi connectivity index (χ3n) is 2.44. The predicted octanol–water partition coefficient (Wildman–Crippen LogP) is 2.28. The van der Waals surface area contributed by atoms with Gasteiger partial charge in [-0.15, -0.1) is 0 Å². The molecule has 0 bridgehead atoms. The molecule has 100 valence electrons. The fourth-order valence-corrected chi connectivity index (χ4v) is 1.78. The highest BCUT2D eigenvalue weighted by Crippen LogP contribution is 2.43. The van der Waals surface area contributed by atoms with Gasteiger partial charge in [0.05, 0.1) is 23.4 Å². The number of nitrogens with zero attached hydrogens (tertiary/aromatic N) is 1. The first-order valence-corrected chi connectivity index (χ1v) is 5.37. The zero-order chi connectivity index (χ0) is 14.2. The van der Waals surface area contributed by atoms with Crippen LogP contribution in [0.15, 0.2) is 12.1 Å². The summed E-state index contributed by atoms with van der Waals surface area (Å²) in [7, 11) is 1.25. The van der Waals surface area contributed by atoms with E-state index in [0.29, 0.717) is 0 Å². The van der Waals surface area contributed by atoms with Crippen molar-refractivity contribution < 1.29 is 24.1 Å². The van der Waals surface area contributed by atoms with Crippen molar-refractivity contribution in [2.45, 2.75) is 0 Å². The summed E-state index contributed by atoms with van der Waals surface area (Å²) in [5, 5.41) is 24.2. The van der Waals surface area contributed by atoms with Gasteiger partial charge in [-0.1, -0.05) is 11.6 Å². The summed E-state index contributed by atoms with van der Waals surface area (Å²) in [6, 6.07) is 2.05. The van der Waals surface area contributed by atoms with Crippen LogP contribution in [0, 0.1) is 5.82 Å². The van der Waals surface area contributed by atoms with E-state index >= 15 is 0 Å². The number of phenols is 1. The largest absolute Gasteiger partial charge is 0.504 e. The number of halogens is 2. The Morgan fingerprint density at radius 1 is 1.53 bits per heavy atom. The lowest BCUT2D eigenvalue weighted by atomic mass is 10.1. The van der Waals surface area contributed by atoms with Gasteiger partial charge < -0.3 is 14.9 Å². The van der Waals surface area contributed by atoms with Crippen LogP contribution in [0.2, 0.25) is 5.02 Å². The van der Waals surface area contributed by atoms with Crippen LogP contribution < -0.4 is 4.74 Å². The molecule has 0 amide bonds. The van der Waals surface area contributed by atoms with Crippen LogP contribution in [-0.2, 0) is 0 Å². The van der Waals surface area contributed by atoms with Gasteiger partial charge in [-0.3, -0.25) is 5.10 Å². The van der Waals surface area contributed by atoms with Gasteiger partial charge in [0.25, 0.3) is 0 Å². The van der Waals surface area contributed by atoms with Crippen molar-refractivity contribution in [2.24, 2.45) is 0 Å². The lowest BCUT2D eigenvalue weighted by Gasteiger charge is -2.09. The Balaban J connectivity index is 2.66.